The van der Waals surface area contributed by atoms with Gasteiger partial charge < -0.3 is 0 Å². The van der Waals surface area contributed by atoms with Crippen molar-refractivity contribution in [2.24, 2.45) is 0 Å². The largest absolute Gasteiger partial charge is 0.253 e. The number of aromatic nitrogens is 2. The van der Waals surface area contributed by atoms with Crippen molar-refractivity contribution >= 4 is 23.5 Å². The van der Waals surface area contributed by atoms with E-state index in [9.17, 15) is 0 Å². The lowest BCUT2D eigenvalue weighted by Crippen LogP contribution is -1.96. The second-order valence-corrected chi connectivity index (χ2v) is 8.27. The molecule has 2 aromatic heterocycles. The Morgan fingerprint density at radius 1 is 0.750 bits per heavy atom. The molecule has 0 unspecified atom stereocenters. The van der Waals surface area contributed by atoms with Crippen LogP contribution >= 0.6 is 23.5 Å². The molecule has 0 spiro atoms. The van der Waals surface area contributed by atoms with Gasteiger partial charge in [-0.1, -0.05) is 27.7 Å². The molecule has 0 N–H and O–H groups in total. The predicted octanol–water partition coefficient (Wildman–Crippen LogP) is 5.14. The highest BCUT2D eigenvalue weighted by Gasteiger charge is 2.14. The van der Waals surface area contributed by atoms with E-state index in [1.165, 1.54) is 9.79 Å². The number of rotatable bonds is 5. The molecule has 0 aliphatic rings. The van der Waals surface area contributed by atoms with E-state index in [1.807, 2.05) is 48.1 Å². The van der Waals surface area contributed by atoms with Crippen molar-refractivity contribution in [2.45, 2.75) is 48.0 Å². The number of hydrogen-bond donors (Lipinski definition) is 0. The molecule has 2 aromatic rings. The quantitative estimate of drug-likeness (QED) is 0.714. The van der Waals surface area contributed by atoms with E-state index in [2.05, 4.69) is 49.8 Å². The first-order chi connectivity index (χ1) is 9.58. The van der Waals surface area contributed by atoms with Crippen molar-refractivity contribution in [3.8, 4) is 11.4 Å². The Bertz CT molecular complexity index is 516. The standard InChI is InChI=1S/C16H20N2S2/c1-11(2)19-13-7-5-9-17-15(13)16-14(20-12(3)4)8-6-10-18-16/h5-12H,1-4H3. The molecule has 0 aliphatic carbocycles. The number of pyridine rings is 2. The summed E-state index contributed by atoms with van der Waals surface area (Å²) in [5, 5.41) is 1.06. The van der Waals surface area contributed by atoms with Gasteiger partial charge in [-0.3, -0.25) is 9.97 Å². The molecule has 0 atom stereocenters. The molecule has 0 aliphatic heterocycles. The van der Waals surface area contributed by atoms with E-state index < -0.39 is 0 Å². The Morgan fingerprint density at radius 3 is 1.50 bits per heavy atom. The zero-order chi connectivity index (χ0) is 14.5. The van der Waals surface area contributed by atoms with E-state index in [0.29, 0.717) is 10.5 Å². The highest BCUT2D eigenvalue weighted by atomic mass is 32.2. The van der Waals surface area contributed by atoms with Crippen LogP contribution in [0.5, 0.6) is 0 Å². The fraction of sp³-hybridized carbons (Fsp3) is 0.375. The Morgan fingerprint density at radius 2 is 1.15 bits per heavy atom. The minimum Gasteiger partial charge on any atom is -0.253 e. The summed E-state index contributed by atoms with van der Waals surface area (Å²) < 4.78 is 0. The third-order valence-electron chi connectivity index (χ3n) is 2.49. The summed E-state index contributed by atoms with van der Waals surface area (Å²) in [4.78, 5) is 11.5. The molecule has 106 valence electrons. The third-order valence-corrected chi connectivity index (χ3v) is 4.60. The average Bonchev–Trinajstić information content (AvgIpc) is 2.39. The van der Waals surface area contributed by atoms with E-state index in [4.69, 9.17) is 0 Å². The van der Waals surface area contributed by atoms with Crippen LogP contribution in [0.3, 0.4) is 0 Å². The smallest absolute Gasteiger partial charge is 0.103 e. The van der Waals surface area contributed by atoms with Crippen molar-refractivity contribution in [1.82, 2.24) is 9.97 Å². The normalized spacial score (nSPS) is 11.3. The van der Waals surface area contributed by atoms with Crippen LogP contribution in [0, 0.1) is 0 Å². The Kier molecular flexibility index (Phi) is 5.49. The van der Waals surface area contributed by atoms with Crippen molar-refractivity contribution in [1.29, 1.82) is 0 Å². The Balaban J connectivity index is 2.46. The van der Waals surface area contributed by atoms with Crippen LogP contribution in [-0.2, 0) is 0 Å². The molecule has 2 nitrogen and oxygen atoms in total. The maximum Gasteiger partial charge on any atom is 0.103 e. The molecule has 0 radical (unpaired) electrons. The molecule has 4 heteroatoms. The molecular weight excluding hydrogens is 284 g/mol. The molecular formula is C16H20N2S2. The van der Waals surface area contributed by atoms with Gasteiger partial charge in [-0.15, -0.1) is 23.5 Å². The van der Waals surface area contributed by atoms with E-state index >= 15 is 0 Å². The summed E-state index contributed by atoms with van der Waals surface area (Å²) in [6.07, 6.45) is 3.69. The number of nitrogens with zero attached hydrogens (tertiary/aromatic N) is 2. The summed E-state index contributed by atoms with van der Waals surface area (Å²) in [5.41, 5.74) is 1.99. The van der Waals surface area contributed by atoms with E-state index in [1.54, 1.807) is 0 Å². The Hall–Kier alpha value is -1.00. The minimum atomic E-state index is 0.530. The third kappa shape index (κ3) is 4.00. The maximum absolute atomic E-state index is 4.57. The van der Waals surface area contributed by atoms with Crippen molar-refractivity contribution in [2.75, 3.05) is 0 Å². The molecule has 0 bridgehead atoms. The highest BCUT2D eigenvalue weighted by molar-refractivity contribution is 8.00. The highest BCUT2D eigenvalue weighted by Crippen LogP contribution is 2.36. The summed E-state index contributed by atoms with van der Waals surface area (Å²) in [6, 6.07) is 8.25. The van der Waals surface area contributed by atoms with Gasteiger partial charge in [0.05, 0.1) is 0 Å². The van der Waals surface area contributed by atoms with Crippen LogP contribution in [-0.4, -0.2) is 20.5 Å². The second kappa shape index (κ2) is 7.14. The van der Waals surface area contributed by atoms with Crippen LogP contribution in [0.2, 0.25) is 0 Å². The summed E-state index contributed by atoms with van der Waals surface area (Å²) >= 11 is 3.67. The lowest BCUT2D eigenvalue weighted by Gasteiger charge is -2.13. The molecule has 0 saturated carbocycles. The zero-order valence-corrected chi connectivity index (χ0v) is 14.0. The first-order valence-corrected chi connectivity index (χ1v) is 8.57. The second-order valence-electron chi connectivity index (χ2n) is 5.03. The zero-order valence-electron chi connectivity index (χ0n) is 12.3. The van der Waals surface area contributed by atoms with Gasteiger partial charge in [-0.05, 0) is 24.3 Å². The van der Waals surface area contributed by atoms with Crippen molar-refractivity contribution in [3.05, 3.63) is 36.7 Å². The summed E-state index contributed by atoms with van der Waals surface area (Å²) in [6.45, 7) is 8.79. The van der Waals surface area contributed by atoms with Gasteiger partial charge in [0.1, 0.15) is 11.4 Å². The topological polar surface area (TPSA) is 25.8 Å². The maximum atomic E-state index is 4.57. The van der Waals surface area contributed by atoms with Crippen LogP contribution in [0.15, 0.2) is 46.5 Å². The molecule has 0 fully saturated rings. The predicted molar refractivity (Wildman–Crippen MR) is 89.5 cm³/mol. The van der Waals surface area contributed by atoms with Crippen molar-refractivity contribution < 1.29 is 0 Å². The van der Waals surface area contributed by atoms with Gasteiger partial charge in [-0.25, -0.2) is 0 Å². The van der Waals surface area contributed by atoms with Gasteiger partial charge in [0.2, 0.25) is 0 Å². The lowest BCUT2D eigenvalue weighted by atomic mass is 10.2. The van der Waals surface area contributed by atoms with Crippen molar-refractivity contribution in [3.63, 3.8) is 0 Å². The lowest BCUT2D eigenvalue weighted by molar-refractivity contribution is 1.09. The van der Waals surface area contributed by atoms with Crippen LogP contribution in [0.25, 0.3) is 11.4 Å². The summed E-state index contributed by atoms with van der Waals surface area (Å²) in [7, 11) is 0. The molecule has 2 heterocycles. The van der Waals surface area contributed by atoms with E-state index in [-0.39, 0.29) is 0 Å². The van der Waals surface area contributed by atoms with Gasteiger partial charge >= 0.3 is 0 Å². The van der Waals surface area contributed by atoms with Gasteiger partial charge in [0.15, 0.2) is 0 Å². The first kappa shape index (κ1) is 15.4. The fourth-order valence-corrected chi connectivity index (χ4v) is 3.69. The molecule has 0 saturated heterocycles. The molecule has 20 heavy (non-hydrogen) atoms. The van der Waals surface area contributed by atoms with Gasteiger partial charge in [0.25, 0.3) is 0 Å². The fourth-order valence-electron chi connectivity index (χ4n) is 1.83. The van der Waals surface area contributed by atoms with Crippen LogP contribution < -0.4 is 0 Å². The summed E-state index contributed by atoms with van der Waals surface area (Å²) in [5.74, 6) is 0. The SMILES string of the molecule is CC(C)Sc1cccnc1-c1ncccc1SC(C)C. The van der Waals surface area contributed by atoms with Gasteiger partial charge in [-0.2, -0.15) is 0 Å². The van der Waals surface area contributed by atoms with Gasteiger partial charge in [0, 0.05) is 32.7 Å². The molecule has 0 amide bonds. The molecule has 0 aromatic carbocycles. The number of hydrogen-bond acceptors (Lipinski definition) is 4. The van der Waals surface area contributed by atoms with Crippen LogP contribution in [0.1, 0.15) is 27.7 Å². The first-order valence-electron chi connectivity index (χ1n) is 6.81. The monoisotopic (exact) mass is 304 g/mol. The molecule has 2 rings (SSSR count). The average molecular weight is 304 g/mol. The Labute approximate surface area is 129 Å². The van der Waals surface area contributed by atoms with Crippen LogP contribution in [0.4, 0.5) is 0 Å². The number of thioether (sulfide) groups is 2. The minimum absolute atomic E-state index is 0.530. The van der Waals surface area contributed by atoms with E-state index in [0.717, 1.165) is 11.4 Å².